The first-order valence-corrected chi connectivity index (χ1v) is 42.7. The van der Waals surface area contributed by atoms with Gasteiger partial charge in [-0.3, -0.25) is 0 Å². The van der Waals surface area contributed by atoms with Crippen molar-refractivity contribution in [3.05, 3.63) is 6.92 Å². The van der Waals surface area contributed by atoms with E-state index in [2.05, 4.69) is 6.92 Å². The maximum atomic E-state index is 10.1. The summed E-state index contributed by atoms with van der Waals surface area (Å²) in [5, 5.41) is 10.1. The second kappa shape index (κ2) is 29.3. The van der Waals surface area contributed by atoms with Crippen LogP contribution in [0.2, 0.25) is 157 Å². The van der Waals surface area contributed by atoms with Crippen LogP contribution in [-0.4, -0.2) is 106 Å². The molecule has 0 aromatic rings. The summed E-state index contributed by atoms with van der Waals surface area (Å²) in [7, 11) is -13.3. The number of rotatable bonds is 5. The van der Waals surface area contributed by atoms with Crippen LogP contribution in [0.15, 0.2) is 0 Å². The van der Waals surface area contributed by atoms with Crippen molar-refractivity contribution in [2.24, 2.45) is 0 Å². The van der Waals surface area contributed by atoms with Crippen LogP contribution in [0.3, 0.4) is 0 Å². The molecule has 9 nitrogen and oxygen atoms in total. The first-order chi connectivity index (χ1) is 18.0. The van der Waals surface area contributed by atoms with Crippen molar-refractivity contribution in [2.75, 3.05) is 0 Å². The van der Waals surface area contributed by atoms with Gasteiger partial charge in [0.1, 0.15) is 0 Å². The SMILES string of the molecule is C[Si](C)(C)O.C[Si](C)(C)O.C[Si](C)(C)O.C[Si](C)(C)O.C[Si](C)(C)O.C[Si](C)(C)O.[CH2-]CC(O)(O[Si](C)(C)C)O[Si](C)(C)C.[Nb].[Nb]. The Bertz CT molecular complexity index is 513. The van der Waals surface area contributed by atoms with Crippen molar-refractivity contribution in [3.63, 3.8) is 0 Å². The van der Waals surface area contributed by atoms with Crippen molar-refractivity contribution >= 4 is 66.5 Å². The minimum atomic E-state index is -1.81. The molecule has 0 spiro atoms. The molecule has 0 rings (SSSR count). The molecule has 0 aromatic carbocycles. The van der Waals surface area contributed by atoms with Crippen LogP contribution in [0, 0.1) is 6.92 Å². The van der Waals surface area contributed by atoms with Crippen molar-refractivity contribution in [2.45, 2.75) is 170 Å². The Morgan fingerprint density at radius 2 is 0.457 bits per heavy atom. The van der Waals surface area contributed by atoms with E-state index in [9.17, 15) is 5.11 Å². The number of hydrogen-bond acceptors (Lipinski definition) is 9. The van der Waals surface area contributed by atoms with Gasteiger partial charge in [-0.25, -0.2) is 0 Å². The molecular weight excluding hydrogens is 879 g/mol. The predicted octanol–water partition coefficient (Wildman–Crippen LogP) is 7.44. The van der Waals surface area contributed by atoms with Crippen molar-refractivity contribution < 1.29 is 87.5 Å². The molecule has 7 N–H and O–H groups in total. The molecule has 0 bridgehead atoms. The molecule has 0 heterocycles. The van der Waals surface area contributed by atoms with Gasteiger partial charge < -0.3 is 49.7 Å². The Balaban J connectivity index is -0.0000000524. The summed E-state index contributed by atoms with van der Waals surface area (Å²) in [5.41, 5.74) is 0. The van der Waals surface area contributed by atoms with Gasteiger partial charge in [0.05, 0.1) is 0 Å². The minimum Gasteiger partial charge on any atom is -0.433 e. The van der Waals surface area contributed by atoms with Gasteiger partial charge in [0.15, 0.2) is 66.5 Å². The monoisotopic (exact) mass is 961 g/mol. The fraction of sp³-hybridized carbons (Fsp3) is 0.963. The van der Waals surface area contributed by atoms with Crippen LogP contribution >= 0.6 is 0 Å². The van der Waals surface area contributed by atoms with Crippen molar-refractivity contribution in [1.29, 1.82) is 0 Å². The number of aliphatic hydroxyl groups is 1. The van der Waals surface area contributed by atoms with Crippen LogP contribution in [0.5, 0.6) is 0 Å². The molecule has 0 unspecified atom stereocenters. The average Bonchev–Trinajstić information content (AvgIpc) is 2.40. The Morgan fingerprint density at radius 3 is 0.500 bits per heavy atom. The average molecular weight is 962 g/mol. The van der Waals surface area contributed by atoms with Gasteiger partial charge in [-0.15, -0.1) is 6.42 Å². The molecule has 0 fully saturated rings. The van der Waals surface area contributed by atoms with E-state index < -0.39 is 72.5 Å². The van der Waals surface area contributed by atoms with Crippen LogP contribution < -0.4 is 0 Å². The maximum absolute atomic E-state index is 10.1. The summed E-state index contributed by atoms with van der Waals surface area (Å²) in [6.45, 7) is 49.6. The van der Waals surface area contributed by atoms with Crippen LogP contribution in [0.4, 0.5) is 0 Å². The van der Waals surface area contributed by atoms with E-state index in [1.807, 2.05) is 157 Å². The summed E-state index contributed by atoms with van der Waals surface area (Å²) in [4.78, 5) is 52.0. The molecule has 0 aromatic heterocycles. The van der Waals surface area contributed by atoms with Gasteiger partial charge in [0.25, 0.3) is 0 Å². The Morgan fingerprint density at radius 1 is 0.370 bits per heavy atom. The standard InChI is InChI=1S/C9H23O3Si2.6C3H10OSi.2Nb/c1-8-9(10,11-13(2,3)4)12-14(5,6)7;6*1-5(2,3)4;;/h10H,1,8H2,2-7H3;6*4H,1-3H3;;/q-1;;;;;;;;. The maximum Gasteiger partial charge on any atom is 0.232 e. The Labute approximate surface area is 327 Å². The normalized spacial score (nSPS) is 12.3. The Hall–Kier alpha value is 2.86. The second-order valence-electron chi connectivity index (χ2n) is 18.4. The van der Waals surface area contributed by atoms with Crippen molar-refractivity contribution in [3.8, 4) is 0 Å². The second-order valence-corrected chi connectivity index (χ2v) is 53.3. The molecular formula is C27H83Nb2O9Si8-. The molecule has 19 heteroatoms. The van der Waals surface area contributed by atoms with Crippen molar-refractivity contribution in [1.82, 2.24) is 0 Å². The number of hydrogen-bond donors (Lipinski definition) is 7. The molecule has 0 atom stereocenters. The summed E-state index contributed by atoms with van der Waals surface area (Å²) >= 11 is 0. The molecule has 0 saturated heterocycles. The third-order valence-corrected chi connectivity index (χ3v) is 3.11. The topological polar surface area (TPSA) is 160 Å². The Kier molecular flexibility index (Phi) is 44.9. The van der Waals surface area contributed by atoms with E-state index >= 15 is 0 Å². The summed E-state index contributed by atoms with van der Waals surface area (Å²) in [6.07, 6.45) is 0.224. The summed E-state index contributed by atoms with van der Waals surface area (Å²) < 4.78 is 11.2. The van der Waals surface area contributed by atoms with E-state index in [-0.39, 0.29) is 51.2 Å². The fourth-order valence-electron chi connectivity index (χ4n) is 1.08. The van der Waals surface area contributed by atoms with Crippen LogP contribution in [0.25, 0.3) is 0 Å². The molecule has 0 saturated carbocycles. The zero-order chi connectivity index (χ0) is 38.6. The van der Waals surface area contributed by atoms with E-state index in [4.69, 9.17) is 37.6 Å². The van der Waals surface area contributed by atoms with Gasteiger partial charge in [-0.1, -0.05) is 0 Å². The van der Waals surface area contributed by atoms with Crippen LogP contribution in [0.1, 0.15) is 6.42 Å². The fourth-order valence-corrected chi connectivity index (χ4v) is 3.36. The summed E-state index contributed by atoms with van der Waals surface area (Å²) in [5.74, 6) is -1.48. The molecule has 0 aliphatic carbocycles. The van der Waals surface area contributed by atoms with E-state index in [1.54, 1.807) is 0 Å². The third-order valence-electron chi connectivity index (χ3n) is 1.25. The third kappa shape index (κ3) is 309. The van der Waals surface area contributed by atoms with Gasteiger partial charge >= 0.3 is 0 Å². The van der Waals surface area contributed by atoms with E-state index in [1.165, 1.54) is 0 Å². The molecule has 0 aliphatic heterocycles. The molecule has 46 heavy (non-hydrogen) atoms. The van der Waals surface area contributed by atoms with Gasteiger partial charge in [0.2, 0.25) is 5.97 Å². The molecule has 0 aliphatic rings. The molecule has 288 valence electrons. The first-order valence-electron chi connectivity index (χ1n) is 15.2. The predicted molar refractivity (Wildman–Crippen MR) is 217 cm³/mol. The largest absolute Gasteiger partial charge is 0.433 e. The van der Waals surface area contributed by atoms with Crippen LogP contribution in [-0.2, 0) is 53.6 Å². The van der Waals surface area contributed by atoms with E-state index in [0.29, 0.717) is 0 Å². The quantitative estimate of drug-likeness (QED) is 0.0845. The van der Waals surface area contributed by atoms with Gasteiger partial charge in [0, 0.05) is 44.8 Å². The minimum absolute atomic E-state index is 0. The zero-order valence-electron chi connectivity index (χ0n) is 34.8. The smallest absolute Gasteiger partial charge is 0.232 e. The summed E-state index contributed by atoms with van der Waals surface area (Å²) in [6, 6.07) is 0. The molecule has 2 radical (unpaired) electrons. The van der Waals surface area contributed by atoms with Gasteiger partial charge in [-0.2, -0.15) is 0 Å². The molecule has 0 amide bonds. The van der Waals surface area contributed by atoms with Gasteiger partial charge in [-0.05, 0) is 157 Å². The first kappa shape index (κ1) is 70.4. The van der Waals surface area contributed by atoms with E-state index in [0.717, 1.165) is 0 Å². The zero-order valence-corrected chi connectivity index (χ0v) is 47.2.